The summed E-state index contributed by atoms with van der Waals surface area (Å²) in [5.74, 6) is 0.948. The number of para-hydroxylation sites is 1. The van der Waals surface area contributed by atoms with Gasteiger partial charge in [-0.3, -0.25) is 4.90 Å². The Balaban J connectivity index is 1.53. The zero-order chi connectivity index (χ0) is 17.1. The van der Waals surface area contributed by atoms with Gasteiger partial charge in [0.1, 0.15) is 5.75 Å². The number of rotatable bonds is 5. The first kappa shape index (κ1) is 16.8. The van der Waals surface area contributed by atoms with Gasteiger partial charge in [-0.15, -0.1) is 11.3 Å². The Hall–Kier alpha value is -1.63. The Labute approximate surface area is 153 Å². The third-order valence-electron chi connectivity index (χ3n) is 5.03. The molecule has 0 N–H and O–H groups in total. The van der Waals surface area contributed by atoms with Crippen molar-refractivity contribution in [3.8, 4) is 5.75 Å². The van der Waals surface area contributed by atoms with Crippen LogP contribution in [-0.2, 0) is 11.3 Å². The van der Waals surface area contributed by atoms with Gasteiger partial charge in [0, 0.05) is 37.1 Å². The van der Waals surface area contributed by atoms with Crippen LogP contribution in [0.4, 0.5) is 5.13 Å². The van der Waals surface area contributed by atoms with Crippen LogP contribution in [0.1, 0.15) is 30.1 Å². The highest BCUT2D eigenvalue weighted by Gasteiger charge is 2.28. The predicted octanol–water partition coefficient (Wildman–Crippen LogP) is 3.33. The summed E-state index contributed by atoms with van der Waals surface area (Å²) < 4.78 is 11.3. The molecule has 1 aromatic heterocycles. The van der Waals surface area contributed by atoms with Crippen molar-refractivity contribution < 1.29 is 9.47 Å². The molecule has 2 fully saturated rings. The number of aromatic nitrogens is 1. The van der Waals surface area contributed by atoms with E-state index in [0.717, 1.165) is 49.4 Å². The van der Waals surface area contributed by atoms with Crippen LogP contribution in [0.25, 0.3) is 0 Å². The van der Waals surface area contributed by atoms with Gasteiger partial charge in [-0.25, -0.2) is 4.98 Å². The first-order chi connectivity index (χ1) is 12.3. The first-order valence-corrected chi connectivity index (χ1v) is 9.87. The summed E-state index contributed by atoms with van der Waals surface area (Å²) >= 11 is 1.76. The number of hydrogen-bond acceptors (Lipinski definition) is 6. The molecule has 2 aliphatic rings. The summed E-state index contributed by atoms with van der Waals surface area (Å²) in [6.45, 7) is 5.53. The van der Waals surface area contributed by atoms with Gasteiger partial charge in [0.25, 0.3) is 0 Å². The minimum Gasteiger partial charge on any atom is -0.496 e. The zero-order valence-corrected chi connectivity index (χ0v) is 15.5. The van der Waals surface area contributed by atoms with Crippen molar-refractivity contribution in [1.29, 1.82) is 0 Å². The van der Waals surface area contributed by atoms with Gasteiger partial charge >= 0.3 is 0 Å². The van der Waals surface area contributed by atoms with Crippen molar-refractivity contribution >= 4 is 16.5 Å². The van der Waals surface area contributed by atoms with E-state index in [1.165, 1.54) is 18.4 Å². The fourth-order valence-corrected chi connectivity index (χ4v) is 4.56. The van der Waals surface area contributed by atoms with Crippen molar-refractivity contribution in [1.82, 2.24) is 9.88 Å². The van der Waals surface area contributed by atoms with Crippen LogP contribution < -0.4 is 9.64 Å². The summed E-state index contributed by atoms with van der Waals surface area (Å²) in [6, 6.07) is 8.47. The highest BCUT2D eigenvalue weighted by atomic mass is 32.1. The molecule has 0 spiro atoms. The number of morpholine rings is 1. The average molecular weight is 359 g/mol. The van der Waals surface area contributed by atoms with Crippen molar-refractivity contribution in [2.24, 2.45) is 0 Å². The van der Waals surface area contributed by atoms with Crippen LogP contribution in [0.15, 0.2) is 29.6 Å². The quantitative estimate of drug-likeness (QED) is 0.819. The molecule has 6 heteroatoms. The molecule has 2 aliphatic heterocycles. The molecule has 25 heavy (non-hydrogen) atoms. The molecule has 0 saturated carbocycles. The van der Waals surface area contributed by atoms with Gasteiger partial charge in [-0.1, -0.05) is 18.2 Å². The summed E-state index contributed by atoms with van der Waals surface area (Å²) in [4.78, 5) is 9.81. The third kappa shape index (κ3) is 3.66. The van der Waals surface area contributed by atoms with Gasteiger partial charge in [0.2, 0.25) is 0 Å². The van der Waals surface area contributed by atoms with Gasteiger partial charge in [-0.05, 0) is 18.9 Å². The van der Waals surface area contributed by atoms with Gasteiger partial charge in [0.05, 0.1) is 32.1 Å². The smallest absolute Gasteiger partial charge is 0.185 e. The van der Waals surface area contributed by atoms with Crippen LogP contribution in [-0.4, -0.2) is 49.8 Å². The van der Waals surface area contributed by atoms with E-state index >= 15 is 0 Å². The van der Waals surface area contributed by atoms with Crippen LogP contribution in [0.3, 0.4) is 0 Å². The lowest BCUT2D eigenvalue weighted by Crippen LogP contribution is -2.39. The van der Waals surface area contributed by atoms with E-state index < -0.39 is 0 Å². The Kier molecular flexibility index (Phi) is 5.20. The highest BCUT2D eigenvalue weighted by Crippen LogP contribution is 2.32. The topological polar surface area (TPSA) is 37.8 Å². The van der Waals surface area contributed by atoms with Crippen molar-refractivity contribution in [2.75, 3.05) is 44.9 Å². The van der Waals surface area contributed by atoms with E-state index in [4.69, 9.17) is 14.5 Å². The number of thiazole rings is 1. The zero-order valence-electron chi connectivity index (χ0n) is 14.7. The minimum absolute atomic E-state index is 0.214. The minimum atomic E-state index is 0.214. The van der Waals surface area contributed by atoms with E-state index in [0.29, 0.717) is 6.61 Å². The van der Waals surface area contributed by atoms with E-state index in [-0.39, 0.29) is 6.04 Å². The molecule has 2 saturated heterocycles. The molecule has 5 nitrogen and oxygen atoms in total. The molecule has 4 rings (SSSR count). The second kappa shape index (κ2) is 7.72. The molecule has 0 aliphatic carbocycles. The van der Waals surface area contributed by atoms with Crippen molar-refractivity contribution in [3.63, 3.8) is 0 Å². The molecule has 0 amide bonds. The first-order valence-electron chi connectivity index (χ1n) is 8.99. The van der Waals surface area contributed by atoms with Gasteiger partial charge in [0.15, 0.2) is 5.13 Å². The largest absolute Gasteiger partial charge is 0.496 e. The molecular formula is C19H25N3O2S. The van der Waals surface area contributed by atoms with Crippen molar-refractivity contribution in [3.05, 3.63) is 40.9 Å². The molecule has 1 aromatic carbocycles. The number of anilines is 1. The van der Waals surface area contributed by atoms with E-state index in [9.17, 15) is 0 Å². The second-order valence-corrected chi connectivity index (χ2v) is 7.46. The number of ether oxygens (including phenoxy) is 2. The normalized spacial score (nSPS) is 21.6. The molecule has 3 heterocycles. The average Bonchev–Trinajstić information content (AvgIpc) is 3.34. The maximum absolute atomic E-state index is 5.77. The summed E-state index contributed by atoms with van der Waals surface area (Å²) in [5.41, 5.74) is 2.35. The lowest BCUT2D eigenvalue weighted by molar-refractivity contribution is -0.0142. The van der Waals surface area contributed by atoms with E-state index in [1.807, 2.05) is 12.1 Å². The van der Waals surface area contributed by atoms with E-state index in [1.54, 1.807) is 18.4 Å². The summed E-state index contributed by atoms with van der Waals surface area (Å²) in [6.07, 6.45) is 2.56. The molecule has 0 bridgehead atoms. The Morgan fingerprint density at radius 1 is 1.24 bits per heavy atom. The van der Waals surface area contributed by atoms with E-state index in [2.05, 4.69) is 27.3 Å². The second-order valence-electron chi connectivity index (χ2n) is 6.62. The SMILES string of the molecule is COc1ccccc1CN1CCOCC1c1csc(N2CCCC2)n1. The van der Waals surface area contributed by atoms with Gasteiger partial charge < -0.3 is 14.4 Å². The molecule has 1 unspecified atom stereocenters. The van der Waals surface area contributed by atoms with Crippen LogP contribution in [0.5, 0.6) is 5.75 Å². The number of methoxy groups -OCH3 is 1. The van der Waals surface area contributed by atoms with Crippen molar-refractivity contribution in [2.45, 2.75) is 25.4 Å². The lowest BCUT2D eigenvalue weighted by Gasteiger charge is -2.35. The van der Waals surface area contributed by atoms with Crippen LogP contribution in [0.2, 0.25) is 0 Å². The highest BCUT2D eigenvalue weighted by molar-refractivity contribution is 7.13. The molecule has 1 atom stereocenters. The predicted molar refractivity (Wildman–Crippen MR) is 101 cm³/mol. The molecular weight excluding hydrogens is 334 g/mol. The monoisotopic (exact) mass is 359 g/mol. The maximum Gasteiger partial charge on any atom is 0.185 e. The Morgan fingerprint density at radius 3 is 2.92 bits per heavy atom. The van der Waals surface area contributed by atoms with Crippen LogP contribution >= 0.6 is 11.3 Å². The number of benzene rings is 1. The summed E-state index contributed by atoms with van der Waals surface area (Å²) in [7, 11) is 1.73. The number of nitrogens with zero attached hydrogens (tertiary/aromatic N) is 3. The van der Waals surface area contributed by atoms with Gasteiger partial charge in [-0.2, -0.15) is 0 Å². The third-order valence-corrected chi connectivity index (χ3v) is 5.95. The Bertz CT molecular complexity index is 699. The summed E-state index contributed by atoms with van der Waals surface area (Å²) in [5, 5.41) is 3.37. The van der Waals surface area contributed by atoms with Crippen LogP contribution in [0, 0.1) is 0 Å². The maximum atomic E-state index is 5.77. The number of hydrogen-bond donors (Lipinski definition) is 0. The Morgan fingerprint density at radius 2 is 2.08 bits per heavy atom. The standard InChI is InChI=1S/C19H25N3O2S/c1-23-18-7-3-2-6-15(18)12-22-10-11-24-13-17(22)16-14-25-19(20-16)21-8-4-5-9-21/h2-3,6-7,14,17H,4-5,8-13H2,1H3. The molecule has 0 radical (unpaired) electrons. The lowest BCUT2D eigenvalue weighted by atomic mass is 10.1. The fourth-order valence-electron chi connectivity index (χ4n) is 3.64. The fraction of sp³-hybridized carbons (Fsp3) is 0.526. The molecule has 2 aromatic rings. The molecule has 134 valence electrons.